The standard InChI is InChI=1S/C19H27N3O5S/c1-27-16-4-6-17(7-5-16)28(25,26)22-10-2-3-15(13-22)19(24)21-11-8-14(9-12-21)18(20)23/h4-7,14-15H,2-3,8-13H2,1H3,(H2,20,23)/t15-/m0/s1. The molecule has 2 N–H and O–H groups in total. The lowest BCUT2D eigenvalue weighted by Crippen LogP contribution is -2.49. The van der Waals surface area contributed by atoms with Crippen molar-refractivity contribution in [1.82, 2.24) is 9.21 Å². The Labute approximate surface area is 165 Å². The van der Waals surface area contributed by atoms with Crippen molar-refractivity contribution in [2.75, 3.05) is 33.3 Å². The number of carbonyl (C=O) groups is 2. The van der Waals surface area contributed by atoms with Crippen LogP contribution in [0, 0.1) is 11.8 Å². The molecule has 2 amide bonds. The van der Waals surface area contributed by atoms with Crippen molar-refractivity contribution in [3.05, 3.63) is 24.3 Å². The first-order valence-corrected chi connectivity index (χ1v) is 11.0. The molecule has 0 aromatic heterocycles. The summed E-state index contributed by atoms with van der Waals surface area (Å²) in [7, 11) is -2.13. The molecular formula is C19H27N3O5S. The monoisotopic (exact) mass is 409 g/mol. The zero-order chi connectivity index (χ0) is 20.3. The number of primary amides is 1. The molecule has 0 saturated carbocycles. The molecule has 8 nitrogen and oxygen atoms in total. The molecule has 3 rings (SSSR count). The highest BCUT2D eigenvalue weighted by atomic mass is 32.2. The molecule has 2 saturated heterocycles. The molecule has 2 aliphatic heterocycles. The van der Waals surface area contributed by atoms with Gasteiger partial charge in [0.2, 0.25) is 21.8 Å². The van der Waals surface area contributed by atoms with E-state index in [9.17, 15) is 18.0 Å². The first-order chi connectivity index (χ1) is 13.3. The Morgan fingerprint density at radius 1 is 1.04 bits per heavy atom. The molecule has 2 aliphatic rings. The van der Waals surface area contributed by atoms with Gasteiger partial charge in [0.05, 0.1) is 17.9 Å². The fourth-order valence-electron chi connectivity index (χ4n) is 3.90. The van der Waals surface area contributed by atoms with Gasteiger partial charge in [-0.05, 0) is 49.9 Å². The van der Waals surface area contributed by atoms with Crippen molar-refractivity contribution in [3.8, 4) is 5.75 Å². The smallest absolute Gasteiger partial charge is 0.243 e. The third kappa shape index (κ3) is 4.30. The van der Waals surface area contributed by atoms with E-state index in [0.717, 1.165) is 0 Å². The fourth-order valence-corrected chi connectivity index (χ4v) is 5.43. The normalized spacial score (nSPS) is 22.0. The number of likely N-dealkylation sites (tertiary alicyclic amines) is 1. The average molecular weight is 410 g/mol. The van der Waals surface area contributed by atoms with E-state index in [-0.39, 0.29) is 35.1 Å². The quantitative estimate of drug-likeness (QED) is 0.774. The fraction of sp³-hybridized carbons (Fsp3) is 0.579. The van der Waals surface area contributed by atoms with Crippen molar-refractivity contribution in [2.24, 2.45) is 17.6 Å². The molecule has 1 aromatic carbocycles. The average Bonchev–Trinajstić information content (AvgIpc) is 2.73. The Hall–Kier alpha value is -2.13. The number of hydrogen-bond acceptors (Lipinski definition) is 5. The molecule has 28 heavy (non-hydrogen) atoms. The maximum absolute atomic E-state index is 13.0. The number of rotatable bonds is 5. The number of piperidine rings is 2. The second kappa shape index (κ2) is 8.48. The van der Waals surface area contributed by atoms with Crippen LogP contribution < -0.4 is 10.5 Å². The second-order valence-electron chi connectivity index (χ2n) is 7.38. The first-order valence-electron chi connectivity index (χ1n) is 9.55. The molecule has 1 aromatic rings. The lowest BCUT2D eigenvalue weighted by molar-refractivity contribution is -0.139. The summed E-state index contributed by atoms with van der Waals surface area (Å²) >= 11 is 0. The highest BCUT2D eigenvalue weighted by molar-refractivity contribution is 7.89. The zero-order valence-corrected chi connectivity index (χ0v) is 16.9. The van der Waals surface area contributed by atoms with Gasteiger partial charge in [-0.3, -0.25) is 9.59 Å². The number of amides is 2. The molecule has 0 spiro atoms. The maximum atomic E-state index is 13.0. The third-order valence-electron chi connectivity index (χ3n) is 5.64. The van der Waals surface area contributed by atoms with Crippen LogP contribution in [0.3, 0.4) is 0 Å². The Balaban J connectivity index is 1.66. The van der Waals surface area contributed by atoms with E-state index in [2.05, 4.69) is 0 Å². The van der Waals surface area contributed by atoms with Crippen LogP contribution in [0.2, 0.25) is 0 Å². The second-order valence-corrected chi connectivity index (χ2v) is 9.32. The summed E-state index contributed by atoms with van der Waals surface area (Å²) in [5, 5.41) is 0. The van der Waals surface area contributed by atoms with Gasteiger partial charge in [0.25, 0.3) is 0 Å². The molecule has 2 heterocycles. The van der Waals surface area contributed by atoms with Crippen LogP contribution in [0.4, 0.5) is 0 Å². The van der Waals surface area contributed by atoms with Gasteiger partial charge in [-0.1, -0.05) is 0 Å². The molecule has 2 fully saturated rings. The number of hydrogen-bond donors (Lipinski definition) is 1. The lowest BCUT2D eigenvalue weighted by Gasteiger charge is -2.37. The highest BCUT2D eigenvalue weighted by Crippen LogP contribution is 2.27. The number of nitrogens with zero attached hydrogens (tertiary/aromatic N) is 2. The van der Waals surface area contributed by atoms with Crippen LogP contribution >= 0.6 is 0 Å². The van der Waals surface area contributed by atoms with E-state index >= 15 is 0 Å². The SMILES string of the molecule is COc1ccc(S(=O)(=O)N2CCC[C@H](C(=O)N3CCC(C(N)=O)CC3)C2)cc1. The number of ether oxygens (including phenoxy) is 1. The minimum atomic E-state index is -3.66. The van der Waals surface area contributed by atoms with Gasteiger partial charge in [0, 0.05) is 32.1 Å². The highest BCUT2D eigenvalue weighted by Gasteiger charge is 2.36. The van der Waals surface area contributed by atoms with Crippen molar-refractivity contribution >= 4 is 21.8 Å². The Kier molecular flexibility index (Phi) is 6.24. The van der Waals surface area contributed by atoms with Crippen LogP contribution in [0.5, 0.6) is 5.75 Å². The topological polar surface area (TPSA) is 110 Å². The number of carbonyl (C=O) groups excluding carboxylic acids is 2. The number of nitrogens with two attached hydrogens (primary N) is 1. The summed E-state index contributed by atoms with van der Waals surface area (Å²) in [4.78, 5) is 26.1. The van der Waals surface area contributed by atoms with Crippen molar-refractivity contribution in [3.63, 3.8) is 0 Å². The van der Waals surface area contributed by atoms with Crippen LogP contribution in [-0.2, 0) is 19.6 Å². The molecular weight excluding hydrogens is 382 g/mol. The van der Waals surface area contributed by atoms with Crippen molar-refractivity contribution in [1.29, 1.82) is 0 Å². The third-order valence-corrected chi connectivity index (χ3v) is 7.52. The summed E-state index contributed by atoms with van der Waals surface area (Å²) in [5.74, 6) is -0.293. The van der Waals surface area contributed by atoms with Crippen LogP contribution in [-0.4, -0.2) is 62.7 Å². The Morgan fingerprint density at radius 2 is 1.68 bits per heavy atom. The van der Waals surface area contributed by atoms with Gasteiger partial charge in [0.15, 0.2) is 0 Å². The summed E-state index contributed by atoms with van der Waals surface area (Å²) in [6.07, 6.45) is 2.45. The molecule has 0 bridgehead atoms. The predicted molar refractivity (Wildman–Crippen MR) is 103 cm³/mol. The minimum absolute atomic E-state index is 0.0300. The van der Waals surface area contributed by atoms with Gasteiger partial charge in [-0.25, -0.2) is 8.42 Å². The van der Waals surface area contributed by atoms with Crippen LogP contribution in [0.25, 0.3) is 0 Å². The zero-order valence-electron chi connectivity index (χ0n) is 16.0. The van der Waals surface area contributed by atoms with E-state index in [0.29, 0.717) is 51.1 Å². The van der Waals surface area contributed by atoms with E-state index < -0.39 is 10.0 Å². The van der Waals surface area contributed by atoms with Crippen LogP contribution in [0.15, 0.2) is 29.2 Å². The number of benzene rings is 1. The lowest BCUT2D eigenvalue weighted by atomic mass is 9.93. The summed E-state index contributed by atoms with van der Waals surface area (Å²) in [6.45, 7) is 1.58. The molecule has 0 unspecified atom stereocenters. The largest absolute Gasteiger partial charge is 0.497 e. The van der Waals surface area contributed by atoms with Gasteiger partial charge in [0.1, 0.15) is 5.75 Å². The van der Waals surface area contributed by atoms with E-state index in [4.69, 9.17) is 10.5 Å². The Bertz CT molecular complexity index is 816. The molecule has 1 atom stereocenters. The van der Waals surface area contributed by atoms with Gasteiger partial charge in [-0.15, -0.1) is 0 Å². The van der Waals surface area contributed by atoms with E-state index in [1.54, 1.807) is 17.0 Å². The van der Waals surface area contributed by atoms with Crippen molar-refractivity contribution < 1.29 is 22.7 Å². The van der Waals surface area contributed by atoms with Gasteiger partial charge >= 0.3 is 0 Å². The minimum Gasteiger partial charge on any atom is -0.497 e. The van der Waals surface area contributed by atoms with E-state index in [1.165, 1.54) is 23.5 Å². The summed E-state index contributed by atoms with van der Waals surface area (Å²) in [6, 6.07) is 6.27. The van der Waals surface area contributed by atoms with Gasteiger partial charge in [-0.2, -0.15) is 4.31 Å². The molecule has 0 radical (unpaired) electrons. The maximum Gasteiger partial charge on any atom is 0.243 e. The van der Waals surface area contributed by atoms with Crippen molar-refractivity contribution in [2.45, 2.75) is 30.6 Å². The van der Waals surface area contributed by atoms with Crippen LogP contribution in [0.1, 0.15) is 25.7 Å². The molecule has 154 valence electrons. The molecule has 9 heteroatoms. The predicted octanol–water partition coefficient (Wildman–Crippen LogP) is 0.820. The number of sulfonamides is 1. The molecule has 0 aliphatic carbocycles. The number of methoxy groups -OCH3 is 1. The van der Waals surface area contributed by atoms with E-state index in [1.807, 2.05) is 0 Å². The summed E-state index contributed by atoms with van der Waals surface area (Å²) in [5.41, 5.74) is 5.35. The first kappa shape index (κ1) is 20.6. The Morgan fingerprint density at radius 3 is 2.25 bits per heavy atom. The van der Waals surface area contributed by atoms with Gasteiger partial charge < -0.3 is 15.4 Å². The summed E-state index contributed by atoms with van der Waals surface area (Å²) < 4.78 is 32.4.